The molecule has 132 valence electrons. The molecule has 1 unspecified atom stereocenters. The first-order valence-corrected chi connectivity index (χ1v) is 9.84. The van der Waals surface area contributed by atoms with E-state index in [2.05, 4.69) is 4.98 Å². The van der Waals surface area contributed by atoms with Crippen LogP contribution in [0.15, 0.2) is 21.4 Å². The summed E-state index contributed by atoms with van der Waals surface area (Å²) >= 11 is 6.28. The van der Waals surface area contributed by atoms with Crippen molar-refractivity contribution in [3.05, 3.63) is 23.0 Å². The molecule has 1 aliphatic rings. The topological polar surface area (TPSA) is 69.4 Å². The quantitative estimate of drug-likeness (QED) is 0.794. The van der Waals surface area contributed by atoms with Gasteiger partial charge in [0.1, 0.15) is 10.4 Å². The van der Waals surface area contributed by atoms with Crippen molar-refractivity contribution in [3.63, 3.8) is 0 Å². The van der Waals surface area contributed by atoms with Gasteiger partial charge in [-0.3, -0.25) is 0 Å². The molecule has 24 heavy (non-hydrogen) atoms. The van der Waals surface area contributed by atoms with Gasteiger partial charge in [-0.25, -0.2) is 13.4 Å². The Labute approximate surface area is 147 Å². The molecule has 2 heterocycles. The summed E-state index contributed by atoms with van der Waals surface area (Å²) in [7, 11) is -3.74. The highest BCUT2D eigenvalue weighted by atomic mass is 35.5. The monoisotopic (exact) mass is 371 g/mol. The minimum atomic E-state index is -3.74. The molecule has 1 saturated heterocycles. The first kappa shape index (κ1) is 17.7. The summed E-state index contributed by atoms with van der Waals surface area (Å²) in [5, 5.41) is 0.158. The van der Waals surface area contributed by atoms with Gasteiger partial charge in [-0.1, -0.05) is 32.4 Å². The van der Waals surface area contributed by atoms with Crippen LogP contribution in [0.25, 0.3) is 11.1 Å². The van der Waals surface area contributed by atoms with Crippen LogP contribution < -0.4 is 0 Å². The third kappa shape index (κ3) is 2.74. The van der Waals surface area contributed by atoms with Gasteiger partial charge in [0, 0.05) is 12.0 Å². The fourth-order valence-electron chi connectivity index (χ4n) is 2.88. The van der Waals surface area contributed by atoms with Gasteiger partial charge in [-0.2, -0.15) is 0 Å². The Bertz CT molecular complexity index is 874. The lowest BCUT2D eigenvalue weighted by Crippen LogP contribution is -2.43. The second-order valence-electron chi connectivity index (χ2n) is 7.60. The predicted molar refractivity (Wildman–Crippen MR) is 93.4 cm³/mol. The largest absolute Gasteiger partial charge is 0.439 e. The molecule has 5 nitrogen and oxygen atoms in total. The van der Waals surface area contributed by atoms with E-state index in [1.54, 1.807) is 19.1 Å². The molecule has 1 aromatic carbocycles. The van der Waals surface area contributed by atoms with Crippen LogP contribution in [0.3, 0.4) is 0 Å². The van der Waals surface area contributed by atoms with Gasteiger partial charge in [0.25, 0.3) is 0 Å². The number of oxazole rings is 1. The van der Waals surface area contributed by atoms with Crippen molar-refractivity contribution in [2.24, 2.45) is 0 Å². The zero-order valence-corrected chi connectivity index (χ0v) is 15.9. The zero-order chi connectivity index (χ0) is 17.8. The van der Waals surface area contributed by atoms with E-state index < -0.39 is 14.6 Å². The Morgan fingerprint density at radius 1 is 1.29 bits per heavy atom. The van der Waals surface area contributed by atoms with Crippen molar-refractivity contribution in [1.29, 1.82) is 0 Å². The molecular formula is C17H22ClNO4S. The van der Waals surface area contributed by atoms with Crippen molar-refractivity contribution < 1.29 is 17.6 Å². The van der Waals surface area contributed by atoms with Crippen LogP contribution in [0.1, 0.15) is 46.4 Å². The highest BCUT2D eigenvalue weighted by Crippen LogP contribution is 2.40. The van der Waals surface area contributed by atoms with Crippen molar-refractivity contribution >= 4 is 32.5 Å². The molecule has 0 aliphatic carbocycles. The molecule has 0 amide bonds. The number of benzene rings is 1. The lowest BCUT2D eigenvalue weighted by Gasteiger charge is -2.33. The van der Waals surface area contributed by atoms with Crippen LogP contribution in [0, 0.1) is 0 Å². The first-order chi connectivity index (χ1) is 11.1. The standard InChI is InChI=1S/C17H22ClNO4S/c1-16(2,3)15-19-12-7-6-11(18)14(13(12)23-15)24(20,21)17(4)8-5-9-22-10-17/h6-7H,5,8-10H2,1-4H3. The molecule has 0 radical (unpaired) electrons. The number of hydrogen-bond acceptors (Lipinski definition) is 5. The average Bonchev–Trinajstić information content (AvgIpc) is 2.91. The molecule has 0 spiro atoms. The lowest BCUT2D eigenvalue weighted by molar-refractivity contribution is 0.0716. The number of aromatic nitrogens is 1. The molecule has 0 N–H and O–H groups in total. The van der Waals surface area contributed by atoms with Crippen LogP contribution in [0.2, 0.25) is 5.02 Å². The molecule has 0 bridgehead atoms. The van der Waals surface area contributed by atoms with Crippen LogP contribution >= 0.6 is 11.6 Å². The van der Waals surface area contributed by atoms with Crippen LogP contribution in [-0.2, 0) is 20.0 Å². The Morgan fingerprint density at radius 3 is 2.58 bits per heavy atom. The Balaban J connectivity index is 2.25. The van der Waals surface area contributed by atoms with Gasteiger partial charge in [0.05, 0.1) is 16.4 Å². The molecule has 1 aromatic heterocycles. The molecule has 1 fully saturated rings. The molecule has 3 rings (SSSR count). The van der Waals surface area contributed by atoms with E-state index in [1.807, 2.05) is 20.8 Å². The van der Waals surface area contributed by atoms with E-state index in [-0.39, 0.29) is 27.5 Å². The molecule has 1 aliphatic heterocycles. The SMILES string of the molecule is CC(C)(C)c1nc2ccc(Cl)c(S(=O)(=O)C3(C)CCCOC3)c2o1. The van der Waals surface area contributed by atoms with E-state index in [1.165, 1.54) is 0 Å². The summed E-state index contributed by atoms with van der Waals surface area (Å²) in [5.74, 6) is 0.487. The maximum absolute atomic E-state index is 13.4. The third-order valence-corrected chi connectivity index (χ3v) is 7.41. The van der Waals surface area contributed by atoms with E-state index >= 15 is 0 Å². The first-order valence-electron chi connectivity index (χ1n) is 7.98. The molecule has 0 saturated carbocycles. The number of rotatable bonds is 2. The van der Waals surface area contributed by atoms with Gasteiger partial charge in [0.15, 0.2) is 15.4 Å². The number of ether oxygens (including phenoxy) is 1. The molecule has 1 atom stereocenters. The highest BCUT2D eigenvalue weighted by molar-refractivity contribution is 7.93. The van der Waals surface area contributed by atoms with Crippen molar-refractivity contribution in [3.8, 4) is 0 Å². The maximum atomic E-state index is 13.4. The average molecular weight is 372 g/mol. The van der Waals surface area contributed by atoms with E-state index in [9.17, 15) is 8.42 Å². The minimum Gasteiger partial charge on any atom is -0.439 e. The highest BCUT2D eigenvalue weighted by Gasteiger charge is 2.45. The van der Waals surface area contributed by atoms with Crippen LogP contribution in [-0.4, -0.2) is 31.4 Å². The fraction of sp³-hybridized carbons (Fsp3) is 0.588. The Morgan fingerprint density at radius 2 is 2.00 bits per heavy atom. The second-order valence-corrected chi connectivity index (χ2v) is 10.4. The summed E-state index contributed by atoms with van der Waals surface area (Å²) in [6.45, 7) is 8.33. The van der Waals surface area contributed by atoms with Crippen molar-refractivity contribution in [2.45, 2.75) is 55.6 Å². The number of sulfone groups is 1. The Hall–Kier alpha value is -1.11. The van der Waals surface area contributed by atoms with Crippen molar-refractivity contribution in [1.82, 2.24) is 4.98 Å². The van der Waals surface area contributed by atoms with Gasteiger partial charge < -0.3 is 9.15 Å². The number of fused-ring (bicyclic) bond motifs is 1. The number of halogens is 1. The van der Waals surface area contributed by atoms with Crippen LogP contribution in [0.5, 0.6) is 0 Å². The third-order valence-electron chi connectivity index (χ3n) is 4.42. The van der Waals surface area contributed by atoms with E-state index in [4.69, 9.17) is 20.8 Å². The van der Waals surface area contributed by atoms with E-state index in [0.717, 1.165) is 0 Å². The summed E-state index contributed by atoms with van der Waals surface area (Å²) in [6, 6.07) is 3.26. The summed E-state index contributed by atoms with van der Waals surface area (Å²) in [4.78, 5) is 4.47. The van der Waals surface area contributed by atoms with Gasteiger partial charge in [-0.15, -0.1) is 0 Å². The van der Waals surface area contributed by atoms with E-state index in [0.29, 0.717) is 30.9 Å². The smallest absolute Gasteiger partial charge is 0.200 e. The number of hydrogen-bond donors (Lipinski definition) is 0. The summed E-state index contributed by atoms with van der Waals surface area (Å²) in [6.07, 6.45) is 1.23. The predicted octanol–water partition coefficient (Wildman–Crippen LogP) is 4.12. The molecular weight excluding hydrogens is 350 g/mol. The second kappa shape index (κ2) is 5.71. The van der Waals surface area contributed by atoms with Gasteiger partial charge in [0.2, 0.25) is 5.89 Å². The normalized spacial score (nSPS) is 22.9. The summed E-state index contributed by atoms with van der Waals surface area (Å²) in [5.41, 5.74) is 0.409. The van der Waals surface area contributed by atoms with Gasteiger partial charge in [-0.05, 0) is 31.9 Å². The lowest BCUT2D eigenvalue weighted by atomic mass is 9.97. The maximum Gasteiger partial charge on any atom is 0.200 e. The van der Waals surface area contributed by atoms with Crippen LogP contribution in [0.4, 0.5) is 0 Å². The number of nitrogens with zero attached hydrogens (tertiary/aromatic N) is 1. The fourth-order valence-corrected chi connectivity index (χ4v) is 5.19. The van der Waals surface area contributed by atoms with Crippen molar-refractivity contribution in [2.75, 3.05) is 13.2 Å². The molecule has 7 heteroatoms. The summed E-state index contributed by atoms with van der Waals surface area (Å²) < 4.78 is 37.0. The Kier molecular flexibility index (Phi) is 4.21. The van der Waals surface area contributed by atoms with Gasteiger partial charge >= 0.3 is 0 Å². The minimum absolute atomic E-state index is 0.0256. The zero-order valence-electron chi connectivity index (χ0n) is 14.3. The molecule has 2 aromatic rings.